The quantitative estimate of drug-likeness (QED) is 0.906. The van der Waals surface area contributed by atoms with E-state index in [0.29, 0.717) is 6.61 Å². The summed E-state index contributed by atoms with van der Waals surface area (Å²) in [6.07, 6.45) is 1.41. The van der Waals surface area contributed by atoms with Crippen molar-refractivity contribution in [2.24, 2.45) is 0 Å². The first-order chi connectivity index (χ1) is 10.2. The van der Waals surface area contributed by atoms with Crippen molar-refractivity contribution in [2.45, 2.75) is 25.6 Å². The van der Waals surface area contributed by atoms with E-state index >= 15 is 0 Å². The lowest BCUT2D eigenvalue weighted by Gasteiger charge is -2.10. The maximum atomic E-state index is 9.80. The molecule has 4 heteroatoms. The maximum Gasteiger partial charge on any atom is 0.133 e. The van der Waals surface area contributed by atoms with E-state index < -0.39 is 0 Å². The first kappa shape index (κ1) is 14.4. The molecule has 3 rings (SSSR count). The van der Waals surface area contributed by atoms with Crippen LogP contribution in [0.2, 0.25) is 0 Å². The molecule has 21 heavy (non-hydrogen) atoms. The minimum atomic E-state index is -0.313. The number of hydrogen-bond donors (Lipinski definition) is 1. The minimum absolute atomic E-state index is 0.313. The van der Waals surface area contributed by atoms with E-state index in [1.165, 1.54) is 5.56 Å². The Morgan fingerprint density at radius 2 is 2.10 bits per heavy atom. The molecule has 0 amide bonds. The molecule has 0 spiro atoms. The van der Waals surface area contributed by atoms with Crippen LogP contribution in [0.4, 0.5) is 0 Å². The van der Waals surface area contributed by atoms with Crippen molar-refractivity contribution in [1.29, 1.82) is 0 Å². The molecule has 110 valence electrons. The molecule has 0 aliphatic heterocycles. The Morgan fingerprint density at radius 3 is 2.86 bits per heavy atom. The lowest BCUT2D eigenvalue weighted by Crippen LogP contribution is -1.97. The van der Waals surface area contributed by atoms with Crippen LogP contribution in [-0.2, 0) is 13.0 Å². The number of ether oxygens (including phenoxy) is 2. The number of fused-ring (bicyclic) bond motifs is 1. The Labute approximate surface area is 132 Å². The van der Waals surface area contributed by atoms with E-state index in [4.69, 9.17) is 9.47 Å². The highest BCUT2D eigenvalue weighted by Crippen LogP contribution is 2.33. The molecule has 0 heterocycles. The van der Waals surface area contributed by atoms with Crippen LogP contribution >= 0.6 is 15.9 Å². The van der Waals surface area contributed by atoms with E-state index in [-0.39, 0.29) is 6.10 Å². The van der Waals surface area contributed by atoms with E-state index in [1.54, 1.807) is 7.11 Å². The zero-order valence-corrected chi connectivity index (χ0v) is 13.4. The van der Waals surface area contributed by atoms with E-state index in [2.05, 4.69) is 15.9 Å². The van der Waals surface area contributed by atoms with Gasteiger partial charge in [-0.1, -0.05) is 12.1 Å². The Morgan fingerprint density at radius 1 is 1.24 bits per heavy atom. The topological polar surface area (TPSA) is 38.7 Å². The van der Waals surface area contributed by atoms with Gasteiger partial charge in [0.05, 0.1) is 17.7 Å². The molecule has 0 radical (unpaired) electrons. The average Bonchev–Trinajstić information content (AvgIpc) is 2.86. The van der Waals surface area contributed by atoms with Gasteiger partial charge >= 0.3 is 0 Å². The normalized spacial score (nSPS) is 16.6. The van der Waals surface area contributed by atoms with Gasteiger partial charge in [-0.15, -0.1) is 0 Å². The van der Waals surface area contributed by atoms with Crippen molar-refractivity contribution in [2.75, 3.05) is 7.11 Å². The average molecular weight is 349 g/mol. The molecular weight excluding hydrogens is 332 g/mol. The van der Waals surface area contributed by atoms with Gasteiger partial charge in [0.1, 0.15) is 18.1 Å². The molecule has 0 bridgehead atoms. The SMILES string of the molecule is COc1ccc(COc2ccc3c(c2)CC[C@H]3O)cc1Br. The highest BCUT2D eigenvalue weighted by atomic mass is 79.9. The maximum absolute atomic E-state index is 9.80. The highest BCUT2D eigenvalue weighted by molar-refractivity contribution is 9.10. The fourth-order valence-electron chi connectivity index (χ4n) is 2.63. The number of methoxy groups -OCH3 is 1. The van der Waals surface area contributed by atoms with E-state index in [1.807, 2.05) is 36.4 Å². The summed E-state index contributed by atoms with van der Waals surface area (Å²) >= 11 is 3.47. The summed E-state index contributed by atoms with van der Waals surface area (Å²) in [7, 11) is 1.65. The fourth-order valence-corrected chi connectivity index (χ4v) is 3.22. The number of halogens is 1. The van der Waals surface area contributed by atoms with Gasteiger partial charge in [-0.2, -0.15) is 0 Å². The van der Waals surface area contributed by atoms with Gasteiger partial charge in [-0.3, -0.25) is 0 Å². The Kier molecular flexibility index (Phi) is 4.17. The predicted molar refractivity (Wildman–Crippen MR) is 84.7 cm³/mol. The predicted octanol–water partition coefficient (Wildman–Crippen LogP) is 4.02. The third-order valence-electron chi connectivity index (χ3n) is 3.78. The van der Waals surface area contributed by atoms with E-state index in [9.17, 15) is 5.11 Å². The van der Waals surface area contributed by atoms with Crippen molar-refractivity contribution < 1.29 is 14.6 Å². The van der Waals surface area contributed by atoms with Crippen LogP contribution in [0.5, 0.6) is 11.5 Å². The summed E-state index contributed by atoms with van der Waals surface area (Å²) in [6.45, 7) is 0.504. The second-order valence-corrected chi connectivity index (χ2v) is 6.03. The lowest BCUT2D eigenvalue weighted by molar-refractivity contribution is 0.180. The second-order valence-electron chi connectivity index (χ2n) is 5.17. The number of aliphatic hydroxyl groups is 1. The number of hydrogen-bond acceptors (Lipinski definition) is 3. The summed E-state index contributed by atoms with van der Waals surface area (Å²) < 4.78 is 12.0. The molecule has 1 N–H and O–H groups in total. The molecule has 0 saturated carbocycles. The van der Waals surface area contributed by atoms with E-state index in [0.717, 1.165) is 39.9 Å². The third kappa shape index (κ3) is 3.06. The van der Waals surface area contributed by atoms with Crippen LogP contribution in [0.25, 0.3) is 0 Å². The Balaban J connectivity index is 1.69. The number of aliphatic hydroxyl groups excluding tert-OH is 1. The van der Waals surface area contributed by atoms with Gasteiger partial charge < -0.3 is 14.6 Å². The van der Waals surface area contributed by atoms with Crippen LogP contribution < -0.4 is 9.47 Å². The molecule has 1 aliphatic carbocycles. The molecular formula is C17H17BrO3. The third-order valence-corrected chi connectivity index (χ3v) is 4.40. The molecule has 0 aromatic heterocycles. The Bertz CT molecular complexity index is 654. The fraction of sp³-hybridized carbons (Fsp3) is 0.294. The molecule has 2 aromatic rings. The van der Waals surface area contributed by atoms with Crippen molar-refractivity contribution in [3.8, 4) is 11.5 Å². The molecule has 0 unspecified atom stereocenters. The number of benzene rings is 2. The standard InChI is InChI=1S/C17H17BrO3/c1-20-17-7-2-11(8-15(17)18)10-21-13-4-5-14-12(9-13)3-6-16(14)19/h2,4-5,7-9,16,19H,3,6,10H2,1H3/t16-/m1/s1. The van der Waals surface area contributed by atoms with Gasteiger partial charge in [0.25, 0.3) is 0 Å². The summed E-state index contributed by atoms with van der Waals surface area (Å²) in [6, 6.07) is 11.8. The van der Waals surface area contributed by atoms with Crippen LogP contribution in [0.1, 0.15) is 29.2 Å². The Hall–Kier alpha value is -1.52. The first-order valence-electron chi connectivity index (χ1n) is 6.93. The van der Waals surface area contributed by atoms with Gasteiger partial charge in [-0.25, -0.2) is 0 Å². The van der Waals surface area contributed by atoms with Gasteiger partial charge in [0.15, 0.2) is 0 Å². The first-order valence-corrected chi connectivity index (χ1v) is 7.73. The monoisotopic (exact) mass is 348 g/mol. The summed E-state index contributed by atoms with van der Waals surface area (Å²) in [5.41, 5.74) is 3.30. The zero-order valence-electron chi connectivity index (χ0n) is 11.8. The summed E-state index contributed by atoms with van der Waals surface area (Å²) in [5, 5.41) is 9.80. The molecule has 0 saturated heterocycles. The molecule has 1 aliphatic rings. The largest absolute Gasteiger partial charge is 0.496 e. The van der Waals surface area contributed by atoms with Crippen molar-refractivity contribution in [3.63, 3.8) is 0 Å². The van der Waals surface area contributed by atoms with Crippen molar-refractivity contribution in [3.05, 3.63) is 57.6 Å². The highest BCUT2D eigenvalue weighted by Gasteiger charge is 2.20. The van der Waals surface area contributed by atoms with Crippen LogP contribution in [0.3, 0.4) is 0 Å². The van der Waals surface area contributed by atoms with Crippen molar-refractivity contribution >= 4 is 15.9 Å². The second kappa shape index (κ2) is 6.08. The number of rotatable bonds is 4. The minimum Gasteiger partial charge on any atom is -0.496 e. The van der Waals surface area contributed by atoms with Gasteiger partial charge in [0.2, 0.25) is 0 Å². The van der Waals surface area contributed by atoms with Crippen LogP contribution in [0.15, 0.2) is 40.9 Å². The zero-order chi connectivity index (χ0) is 14.8. The van der Waals surface area contributed by atoms with Gasteiger partial charge in [-0.05, 0) is 69.7 Å². The molecule has 0 fully saturated rings. The van der Waals surface area contributed by atoms with Crippen LogP contribution in [0, 0.1) is 0 Å². The molecule has 2 aromatic carbocycles. The molecule has 3 nitrogen and oxygen atoms in total. The summed E-state index contributed by atoms with van der Waals surface area (Å²) in [5.74, 6) is 1.65. The van der Waals surface area contributed by atoms with Gasteiger partial charge in [0, 0.05) is 0 Å². The summed E-state index contributed by atoms with van der Waals surface area (Å²) in [4.78, 5) is 0. The molecule has 1 atom stereocenters. The van der Waals surface area contributed by atoms with Crippen molar-refractivity contribution in [1.82, 2.24) is 0 Å². The lowest BCUT2D eigenvalue weighted by atomic mass is 10.1. The van der Waals surface area contributed by atoms with Crippen LogP contribution in [-0.4, -0.2) is 12.2 Å². The number of aryl methyl sites for hydroxylation is 1. The smallest absolute Gasteiger partial charge is 0.133 e.